The lowest BCUT2D eigenvalue weighted by molar-refractivity contribution is 0.0996. The predicted octanol–water partition coefficient (Wildman–Crippen LogP) is 2.02. The molecule has 0 spiro atoms. The molecule has 2 heterocycles. The van der Waals surface area contributed by atoms with Crippen LogP contribution in [-0.4, -0.2) is 43.6 Å². The molecule has 98 valence electrons. The highest BCUT2D eigenvalue weighted by molar-refractivity contribution is 9.10. The minimum Gasteiger partial charge on any atom is -0.387 e. The summed E-state index contributed by atoms with van der Waals surface area (Å²) < 4.78 is 2.60. The van der Waals surface area contributed by atoms with Gasteiger partial charge in [0.05, 0.1) is 5.60 Å². The van der Waals surface area contributed by atoms with E-state index in [-0.39, 0.29) is 0 Å². The van der Waals surface area contributed by atoms with Gasteiger partial charge in [0.2, 0.25) is 0 Å². The van der Waals surface area contributed by atoms with Gasteiger partial charge < -0.3 is 14.8 Å². The Morgan fingerprint density at radius 2 is 2.39 bits per heavy atom. The lowest BCUT2D eigenvalue weighted by Crippen LogP contribution is -2.36. The van der Waals surface area contributed by atoms with Crippen molar-refractivity contribution in [2.75, 3.05) is 23.9 Å². The highest BCUT2D eigenvalue weighted by atomic mass is 79.9. The number of rotatable bonds is 5. The number of aromatic nitrogens is 3. The van der Waals surface area contributed by atoms with Gasteiger partial charge in [-0.2, -0.15) is 11.8 Å². The first kappa shape index (κ1) is 13.6. The molecule has 2 aromatic heterocycles. The van der Waals surface area contributed by atoms with Crippen molar-refractivity contribution in [1.82, 2.24) is 14.4 Å². The summed E-state index contributed by atoms with van der Waals surface area (Å²) in [5, 5.41) is 13.3. The van der Waals surface area contributed by atoms with E-state index in [2.05, 4.69) is 31.2 Å². The van der Waals surface area contributed by atoms with Gasteiger partial charge in [-0.05, 0) is 29.1 Å². The standard InChI is InChI=1S/C11H15BrN4OS/c1-11(17,7-18-2)6-14-9-10-13-3-4-16(10)5-8(12)15-9/h3-5,17H,6-7H2,1-2H3,(H,14,15). The van der Waals surface area contributed by atoms with Crippen LogP contribution >= 0.6 is 27.7 Å². The molecule has 0 radical (unpaired) electrons. The SMILES string of the molecule is CSCC(C)(O)CNc1nc(Br)cn2ccnc12. The first-order chi connectivity index (χ1) is 8.52. The summed E-state index contributed by atoms with van der Waals surface area (Å²) in [5.41, 5.74) is -0.0225. The molecule has 0 amide bonds. The summed E-state index contributed by atoms with van der Waals surface area (Å²) in [4.78, 5) is 8.58. The molecule has 0 aliphatic heterocycles. The van der Waals surface area contributed by atoms with Crippen LogP contribution in [0.2, 0.25) is 0 Å². The third-order valence-corrected chi connectivity index (χ3v) is 3.73. The Morgan fingerprint density at radius 3 is 3.11 bits per heavy atom. The van der Waals surface area contributed by atoms with Crippen molar-refractivity contribution < 1.29 is 5.11 Å². The molecule has 0 saturated carbocycles. The number of aliphatic hydroxyl groups is 1. The van der Waals surface area contributed by atoms with Crippen LogP contribution in [0.3, 0.4) is 0 Å². The molecule has 0 aromatic carbocycles. The Kier molecular flexibility index (Phi) is 4.14. The van der Waals surface area contributed by atoms with Gasteiger partial charge in [-0.25, -0.2) is 9.97 Å². The third kappa shape index (κ3) is 3.15. The van der Waals surface area contributed by atoms with Gasteiger partial charge in [0.25, 0.3) is 0 Å². The Morgan fingerprint density at radius 1 is 1.61 bits per heavy atom. The predicted molar refractivity (Wildman–Crippen MR) is 78.2 cm³/mol. The molecule has 2 rings (SSSR count). The fourth-order valence-electron chi connectivity index (χ4n) is 1.66. The van der Waals surface area contributed by atoms with Gasteiger partial charge in [-0.3, -0.25) is 0 Å². The van der Waals surface area contributed by atoms with Crippen LogP contribution in [0.4, 0.5) is 5.82 Å². The van der Waals surface area contributed by atoms with Gasteiger partial charge in [-0.15, -0.1) is 0 Å². The molecule has 1 atom stereocenters. The Hall–Kier alpha value is -0.790. The number of fused-ring (bicyclic) bond motifs is 1. The van der Waals surface area contributed by atoms with Crippen molar-refractivity contribution in [3.05, 3.63) is 23.2 Å². The number of halogens is 1. The maximum Gasteiger partial charge on any atom is 0.180 e. The zero-order valence-corrected chi connectivity index (χ0v) is 12.6. The van der Waals surface area contributed by atoms with Gasteiger partial charge in [0, 0.05) is 30.9 Å². The van der Waals surface area contributed by atoms with Gasteiger partial charge in [0.15, 0.2) is 11.5 Å². The number of hydrogen-bond acceptors (Lipinski definition) is 5. The number of nitrogens with one attached hydrogen (secondary N) is 1. The maximum atomic E-state index is 10.1. The van der Waals surface area contributed by atoms with E-state index in [0.717, 1.165) is 10.3 Å². The van der Waals surface area contributed by atoms with Gasteiger partial charge >= 0.3 is 0 Å². The van der Waals surface area contributed by atoms with Gasteiger partial charge in [-0.1, -0.05) is 0 Å². The van der Waals surface area contributed by atoms with Crippen LogP contribution < -0.4 is 5.32 Å². The summed E-state index contributed by atoms with van der Waals surface area (Å²) in [6, 6.07) is 0. The number of anilines is 1. The molecule has 0 saturated heterocycles. The fraction of sp³-hybridized carbons (Fsp3) is 0.455. The quantitative estimate of drug-likeness (QED) is 0.878. The van der Waals surface area contributed by atoms with Crippen molar-refractivity contribution in [2.45, 2.75) is 12.5 Å². The largest absolute Gasteiger partial charge is 0.387 e. The van der Waals surface area contributed by atoms with E-state index in [9.17, 15) is 5.11 Å². The molecule has 2 aromatic rings. The Labute approximate surface area is 118 Å². The topological polar surface area (TPSA) is 62.5 Å². The molecule has 18 heavy (non-hydrogen) atoms. The van der Waals surface area contributed by atoms with E-state index >= 15 is 0 Å². The number of hydrogen-bond donors (Lipinski definition) is 2. The average molecular weight is 331 g/mol. The number of nitrogens with zero attached hydrogens (tertiary/aromatic N) is 3. The molecule has 5 nitrogen and oxygen atoms in total. The van der Waals surface area contributed by atoms with Crippen LogP contribution in [-0.2, 0) is 0 Å². The van der Waals surface area contributed by atoms with E-state index in [0.29, 0.717) is 18.1 Å². The van der Waals surface area contributed by atoms with E-state index < -0.39 is 5.60 Å². The zero-order chi connectivity index (χ0) is 13.2. The van der Waals surface area contributed by atoms with Crippen molar-refractivity contribution in [2.24, 2.45) is 0 Å². The van der Waals surface area contributed by atoms with Crippen LogP contribution in [0.25, 0.3) is 5.65 Å². The second kappa shape index (κ2) is 5.46. The summed E-state index contributed by atoms with van der Waals surface area (Å²) in [5.74, 6) is 1.33. The molecule has 0 fully saturated rings. The first-order valence-corrected chi connectivity index (χ1v) is 7.65. The second-order valence-corrected chi connectivity index (χ2v) is 6.03. The molecule has 0 bridgehead atoms. The Balaban J connectivity index is 2.19. The maximum absolute atomic E-state index is 10.1. The van der Waals surface area contributed by atoms with Crippen molar-refractivity contribution in [1.29, 1.82) is 0 Å². The lowest BCUT2D eigenvalue weighted by atomic mass is 10.1. The van der Waals surface area contributed by atoms with Gasteiger partial charge in [0.1, 0.15) is 4.60 Å². The zero-order valence-electron chi connectivity index (χ0n) is 10.2. The second-order valence-electron chi connectivity index (χ2n) is 4.35. The highest BCUT2D eigenvalue weighted by Gasteiger charge is 2.20. The molecule has 7 heteroatoms. The first-order valence-electron chi connectivity index (χ1n) is 5.46. The lowest BCUT2D eigenvalue weighted by Gasteiger charge is -2.22. The molecular formula is C11H15BrN4OS. The van der Waals surface area contributed by atoms with Crippen molar-refractivity contribution in [3.63, 3.8) is 0 Å². The number of imidazole rings is 1. The fourth-order valence-corrected chi connectivity index (χ4v) is 2.78. The molecule has 0 aliphatic rings. The summed E-state index contributed by atoms with van der Waals surface area (Å²) in [6.07, 6.45) is 7.38. The normalized spacial score (nSPS) is 14.7. The molecule has 0 aliphatic carbocycles. The highest BCUT2D eigenvalue weighted by Crippen LogP contribution is 2.18. The van der Waals surface area contributed by atoms with Crippen molar-refractivity contribution >= 4 is 39.2 Å². The minimum absolute atomic E-state index is 0.430. The van der Waals surface area contributed by atoms with E-state index in [1.54, 1.807) is 24.9 Å². The van der Waals surface area contributed by atoms with Crippen LogP contribution in [0.15, 0.2) is 23.2 Å². The van der Waals surface area contributed by atoms with E-state index in [1.165, 1.54) is 0 Å². The molecule has 1 unspecified atom stereocenters. The van der Waals surface area contributed by atoms with Crippen LogP contribution in [0.1, 0.15) is 6.92 Å². The number of thioether (sulfide) groups is 1. The molecular weight excluding hydrogens is 316 g/mol. The summed E-state index contributed by atoms with van der Waals surface area (Å²) >= 11 is 4.96. The van der Waals surface area contributed by atoms with E-state index in [1.807, 2.05) is 23.1 Å². The smallest absolute Gasteiger partial charge is 0.180 e. The van der Waals surface area contributed by atoms with Crippen molar-refractivity contribution in [3.8, 4) is 0 Å². The van der Waals surface area contributed by atoms with E-state index in [4.69, 9.17) is 0 Å². The Bertz CT molecular complexity index is 543. The third-order valence-electron chi connectivity index (χ3n) is 2.44. The monoisotopic (exact) mass is 330 g/mol. The summed E-state index contributed by atoms with van der Waals surface area (Å²) in [6.45, 7) is 2.23. The summed E-state index contributed by atoms with van der Waals surface area (Å²) in [7, 11) is 0. The minimum atomic E-state index is -0.771. The van der Waals surface area contributed by atoms with Crippen LogP contribution in [0.5, 0.6) is 0 Å². The average Bonchev–Trinajstić information content (AvgIpc) is 2.73. The van der Waals surface area contributed by atoms with Crippen LogP contribution in [0, 0.1) is 0 Å². The molecule has 2 N–H and O–H groups in total.